The fourth-order valence-electron chi connectivity index (χ4n) is 3.55. The van der Waals surface area contributed by atoms with Gasteiger partial charge in [-0.25, -0.2) is 4.68 Å². The minimum atomic E-state index is -0.226. The number of amides is 1. The molecule has 1 aromatic heterocycles. The molecular weight excluding hydrogens is 376 g/mol. The van der Waals surface area contributed by atoms with Gasteiger partial charge in [0.2, 0.25) is 5.91 Å². The summed E-state index contributed by atoms with van der Waals surface area (Å²) in [5.41, 5.74) is 1.27. The van der Waals surface area contributed by atoms with Crippen molar-refractivity contribution in [2.45, 2.75) is 44.8 Å². The average molecular weight is 397 g/mol. The number of rotatable bonds is 6. The molecule has 0 aliphatic heterocycles. The Morgan fingerprint density at radius 3 is 2.68 bits per heavy atom. The SMILES string of the molecule is CC(c1ccccc1Cl)N(C(=O)CCn1nnc2ccccc2c1=O)C1CC1. The third-order valence-electron chi connectivity index (χ3n) is 5.17. The summed E-state index contributed by atoms with van der Waals surface area (Å²) in [5.74, 6) is -0.00298. The lowest BCUT2D eigenvalue weighted by Crippen LogP contribution is -2.37. The molecule has 1 unspecified atom stereocenters. The maximum atomic E-state index is 13.0. The van der Waals surface area contributed by atoms with Crippen LogP contribution in [0.1, 0.15) is 37.8 Å². The monoisotopic (exact) mass is 396 g/mol. The molecule has 0 N–H and O–H groups in total. The Morgan fingerprint density at radius 2 is 1.93 bits per heavy atom. The van der Waals surface area contributed by atoms with Crippen molar-refractivity contribution in [2.24, 2.45) is 0 Å². The van der Waals surface area contributed by atoms with Gasteiger partial charge in [-0.1, -0.05) is 47.1 Å². The van der Waals surface area contributed by atoms with Crippen molar-refractivity contribution in [3.8, 4) is 0 Å². The first kappa shape index (κ1) is 18.6. The zero-order chi connectivity index (χ0) is 19.7. The number of nitrogens with zero attached hydrogens (tertiary/aromatic N) is 4. The minimum Gasteiger partial charge on any atom is -0.333 e. The maximum Gasteiger partial charge on any atom is 0.277 e. The van der Waals surface area contributed by atoms with Gasteiger partial charge in [0, 0.05) is 17.5 Å². The summed E-state index contributed by atoms with van der Waals surface area (Å²) < 4.78 is 1.27. The van der Waals surface area contributed by atoms with Crippen molar-refractivity contribution >= 4 is 28.4 Å². The van der Waals surface area contributed by atoms with Crippen LogP contribution in [0.3, 0.4) is 0 Å². The summed E-state index contributed by atoms with van der Waals surface area (Å²) >= 11 is 6.34. The Bertz CT molecular complexity index is 1080. The van der Waals surface area contributed by atoms with E-state index in [1.54, 1.807) is 18.2 Å². The lowest BCUT2D eigenvalue weighted by atomic mass is 10.1. The van der Waals surface area contributed by atoms with Gasteiger partial charge in [-0.05, 0) is 43.5 Å². The van der Waals surface area contributed by atoms with E-state index in [4.69, 9.17) is 11.6 Å². The average Bonchev–Trinajstić information content (AvgIpc) is 3.53. The van der Waals surface area contributed by atoms with Crippen molar-refractivity contribution in [1.82, 2.24) is 19.9 Å². The van der Waals surface area contributed by atoms with Gasteiger partial charge in [0.05, 0.1) is 18.0 Å². The second-order valence-corrected chi connectivity index (χ2v) is 7.52. The van der Waals surface area contributed by atoms with Crippen LogP contribution in [-0.2, 0) is 11.3 Å². The molecule has 0 radical (unpaired) electrons. The van der Waals surface area contributed by atoms with E-state index in [0.29, 0.717) is 15.9 Å². The normalized spacial score (nSPS) is 14.8. The van der Waals surface area contributed by atoms with Crippen LogP contribution in [0.15, 0.2) is 53.3 Å². The molecule has 1 atom stereocenters. The van der Waals surface area contributed by atoms with Crippen LogP contribution in [0.25, 0.3) is 10.9 Å². The van der Waals surface area contributed by atoms with Crippen molar-refractivity contribution in [3.63, 3.8) is 0 Å². The van der Waals surface area contributed by atoms with Gasteiger partial charge in [-0.3, -0.25) is 9.59 Å². The van der Waals surface area contributed by atoms with Gasteiger partial charge in [-0.2, -0.15) is 0 Å². The summed E-state index contributed by atoms with van der Waals surface area (Å²) in [6, 6.07) is 14.8. The zero-order valence-electron chi connectivity index (χ0n) is 15.6. The first-order valence-corrected chi connectivity index (χ1v) is 9.82. The highest BCUT2D eigenvalue weighted by Crippen LogP contribution is 2.36. The van der Waals surface area contributed by atoms with Crippen LogP contribution in [0, 0.1) is 0 Å². The molecule has 4 rings (SSSR count). The van der Waals surface area contributed by atoms with Crippen LogP contribution in [0.4, 0.5) is 0 Å². The Morgan fingerprint density at radius 1 is 1.21 bits per heavy atom. The largest absolute Gasteiger partial charge is 0.333 e. The summed E-state index contributed by atoms with van der Waals surface area (Å²) in [4.78, 5) is 27.5. The van der Waals surface area contributed by atoms with Gasteiger partial charge in [0.1, 0.15) is 5.52 Å². The molecule has 1 amide bonds. The third kappa shape index (κ3) is 3.64. The lowest BCUT2D eigenvalue weighted by Gasteiger charge is -2.30. The van der Waals surface area contributed by atoms with Gasteiger partial charge in [0.15, 0.2) is 0 Å². The van der Waals surface area contributed by atoms with Crippen molar-refractivity contribution in [3.05, 3.63) is 69.5 Å². The molecule has 144 valence electrons. The molecule has 1 fully saturated rings. The smallest absolute Gasteiger partial charge is 0.277 e. The van der Waals surface area contributed by atoms with Gasteiger partial charge in [-0.15, -0.1) is 5.10 Å². The van der Waals surface area contributed by atoms with E-state index in [1.807, 2.05) is 42.2 Å². The number of carbonyl (C=O) groups is 1. The highest BCUT2D eigenvalue weighted by Gasteiger charge is 2.36. The highest BCUT2D eigenvalue weighted by molar-refractivity contribution is 6.31. The number of benzene rings is 2. The molecule has 0 spiro atoms. The van der Waals surface area contributed by atoms with Crippen molar-refractivity contribution < 1.29 is 4.79 Å². The molecule has 1 heterocycles. The fourth-order valence-corrected chi connectivity index (χ4v) is 3.85. The van der Waals surface area contributed by atoms with E-state index < -0.39 is 0 Å². The second kappa shape index (κ2) is 7.72. The molecule has 1 aliphatic carbocycles. The number of halogens is 1. The number of hydrogen-bond acceptors (Lipinski definition) is 4. The third-order valence-corrected chi connectivity index (χ3v) is 5.51. The predicted molar refractivity (Wildman–Crippen MR) is 108 cm³/mol. The van der Waals surface area contributed by atoms with Crippen LogP contribution in [0.2, 0.25) is 5.02 Å². The zero-order valence-corrected chi connectivity index (χ0v) is 16.3. The van der Waals surface area contributed by atoms with E-state index in [2.05, 4.69) is 10.3 Å². The first-order valence-electron chi connectivity index (χ1n) is 9.44. The molecule has 1 saturated carbocycles. The fraction of sp³-hybridized carbons (Fsp3) is 0.333. The number of fused-ring (bicyclic) bond motifs is 1. The van der Waals surface area contributed by atoms with Crippen LogP contribution >= 0.6 is 11.6 Å². The lowest BCUT2D eigenvalue weighted by molar-refractivity contribution is -0.134. The van der Waals surface area contributed by atoms with E-state index in [0.717, 1.165) is 18.4 Å². The van der Waals surface area contributed by atoms with E-state index in [1.165, 1.54) is 4.68 Å². The number of aryl methyl sites for hydroxylation is 1. The molecule has 28 heavy (non-hydrogen) atoms. The van der Waals surface area contributed by atoms with Crippen molar-refractivity contribution in [2.75, 3.05) is 0 Å². The van der Waals surface area contributed by atoms with Crippen LogP contribution in [-0.4, -0.2) is 31.8 Å². The van der Waals surface area contributed by atoms with Crippen LogP contribution in [0.5, 0.6) is 0 Å². The molecule has 2 aromatic carbocycles. The highest BCUT2D eigenvalue weighted by atomic mass is 35.5. The van der Waals surface area contributed by atoms with E-state index in [-0.39, 0.29) is 36.5 Å². The Kier molecular flexibility index (Phi) is 5.13. The summed E-state index contributed by atoms with van der Waals surface area (Å²) in [7, 11) is 0. The Hall–Kier alpha value is -2.73. The predicted octanol–water partition coefficient (Wildman–Crippen LogP) is 3.59. The van der Waals surface area contributed by atoms with Gasteiger partial charge >= 0.3 is 0 Å². The summed E-state index contributed by atoms with van der Waals surface area (Å²) in [6.45, 7) is 2.20. The molecule has 0 bridgehead atoms. The summed E-state index contributed by atoms with van der Waals surface area (Å²) in [6.07, 6.45) is 2.19. The second-order valence-electron chi connectivity index (χ2n) is 7.11. The first-order chi connectivity index (χ1) is 13.6. The Labute approximate surface area is 167 Å². The molecular formula is C21H21ClN4O2. The Balaban J connectivity index is 1.53. The molecule has 1 aliphatic rings. The molecule has 3 aromatic rings. The van der Waals surface area contributed by atoms with E-state index >= 15 is 0 Å². The number of aromatic nitrogens is 3. The standard InChI is InChI=1S/C21H21ClN4O2/c1-14(16-6-2-4-8-18(16)22)26(15-10-11-15)20(27)12-13-25-21(28)17-7-3-5-9-19(17)23-24-25/h2-9,14-15H,10-13H2,1H3. The number of carbonyl (C=O) groups excluding carboxylic acids is 1. The minimum absolute atomic E-state index is 0.00298. The molecule has 6 nitrogen and oxygen atoms in total. The van der Waals surface area contributed by atoms with Crippen molar-refractivity contribution in [1.29, 1.82) is 0 Å². The van der Waals surface area contributed by atoms with Gasteiger partial charge in [0.25, 0.3) is 5.56 Å². The quantitative estimate of drug-likeness (QED) is 0.638. The summed E-state index contributed by atoms with van der Waals surface area (Å²) in [5, 5.41) is 9.22. The molecule has 0 saturated heterocycles. The molecule has 7 heteroatoms. The topological polar surface area (TPSA) is 68.1 Å². The number of hydrogen-bond donors (Lipinski definition) is 0. The van der Waals surface area contributed by atoms with Crippen LogP contribution < -0.4 is 5.56 Å². The van der Waals surface area contributed by atoms with E-state index in [9.17, 15) is 9.59 Å². The van der Waals surface area contributed by atoms with Gasteiger partial charge < -0.3 is 4.90 Å². The maximum absolute atomic E-state index is 13.0.